The van der Waals surface area contributed by atoms with Gasteiger partial charge in [0.05, 0.1) is 5.41 Å². The smallest absolute Gasteiger partial charge is 0.311 e. The Hall–Kier alpha value is -1.40. The van der Waals surface area contributed by atoms with E-state index in [-0.39, 0.29) is 24.3 Å². The molecule has 0 bridgehead atoms. The molecule has 0 aromatic heterocycles. The number of halogens is 1. The van der Waals surface area contributed by atoms with E-state index < -0.39 is 11.4 Å². The molecule has 6 heteroatoms. The van der Waals surface area contributed by atoms with Crippen molar-refractivity contribution >= 4 is 27.8 Å². The third-order valence-electron chi connectivity index (χ3n) is 4.91. The molecular weight excluding hydrogens is 362 g/mol. The van der Waals surface area contributed by atoms with Crippen LogP contribution in [-0.4, -0.2) is 36.7 Å². The van der Waals surface area contributed by atoms with Crippen LogP contribution in [-0.2, 0) is 14.3 Å². The SMILES string of the molecule is O=C(NCC1(C(=O)O)CCOCC1)C1CC1c1cccc(Br)c1. The highest BCUT2D eigenvalue weighted by atomic mass is 79.9. The van der Waals surface area contributed by atoms with Crippen molar-refractivity contribution in [3.63, 3.8) is 0 Å². The molecule has 2 fully saturated rings. The minimum Gasteiger partial charge on any atom is -0.481 e. The van der Waals surface area contributed by atoms with E-state index in [2.05, 4.69) is 21.2 Å². The van der Waals surface area contributed by atoms with Crippen LogP contribution in [0.5, 0.6) is 0 Å². The molecule has 124 valence electrons. The number of hydrogen-bond donors (Lipinski definition) is 2. The minimum atomic E-state index is -0.881. The van der Waals surface area contributed by atoms with Gasteiger partial charge in [-0.2, -0.15) is 0 Å². The number of carboxylic acid groups (broad SMARTS) is 1. The monoisotopic (exact) mass is 381 g/mol. The number of carboxylic acids is 1. The molecule has 1 aromatic rings. The standard InChI is InChI=1S/C17H20BrNO4/c18-12-3-1-2-11(8-12)13-9-14(13)15(20)19-10-17(16(21)22)4-6-23-7-5-17/h1-3,8,13-14H,4-7,9-10H2,(H,19,20)(H,21,22). The summed E-state index contributed by atoms with van der Waals surface area (Å²) in [6, 6.07) is 7.99. The van der Waals surface area contributed by atoms with Crippen LogP contribution in [0.15, 0.2) is 28.7 Å². The summed E-state index contributed by atoms with van der Waals surface area (Å²) in [7, 11) is 0. The molecule has 2 aliphatic rings. The third-order valence-corrected chi connectivity index (χ3v) is 5.40. The van der Waals surface area contributed by atoms with Crippen molar-refractivity contribution in [2.24, 2.45) is 11.3 Å². The Balaban J connectivity index is 1.57. The molecule has 1 aliphatic heterocycles. The van der Waals surface area contributed by atoms with E-state index in [4.69, 9.17) is 4.74 Å². The van der Waals surface area contributed by atoms with E-state index in [0.717, 1.165) is 16.5 Å². The highest BCUT2D eigenvalue weighted by Gasteiger charge is 2.46. The second-order valence-corrected chi connectivity index (χ2v) is 7.34. The number of carbonyl (C=O) groups excluding carboxylic acids is 1. The fourth-order valence-corrected chi connectivity index (χ4v) is 3.62. The number of aliphatic carboxylic acids is 1. The third kappa shape index (κ3) is 3.58. The number of hydrogen-bond acceptors (Lipinski definition) is 3. The maximum Gasteiger partial charge on any atom is 0.311 e. The minimum absolute atomic E-state index is 0.0397. The number of amides is 1. The van der Waals surface area contributed by atoms with E-state index in [1.54, 1.807) is 0 Å². The molecule has 2 unspecified atom stereocenters. The van der Waals surface area contributed by atoms with Crippen molar-refractivity contribution in [1.82, 2.24) is 5.32 Å². The van der Waals surface area contributed by atoms with Crippen LogP contribution in [0.25, 0.3) is 0 Å². The molecule has 1 saturated heterocycles. The molecule has 2 N–H and O–H groups in total. The first-order valence-corrected chi connectivity index (χ1v) is 8.65. The number of nitrogens with one attached hydrogen (secondary N) is 1. The van der Waals surface area contributed by atoms with Gasteiger partial charge in [0, 0.05) is 30.1 Å². The number of carbonyl (C=O) groups is 2. The van der Waals surface area contributed by atoms with E-state index in [1.165, 1.54) is 0 Å². The predicted molar refractivity (Wildman–Crippen MR) is 88.1 cm³/mol. The van der Waals surface area contributed by atoms with Crippen molar-refractivity contribution in [2.45, 2.75) is 25.2 Å². The average Bonchev–Trinajstić information content (AvgIpc) is 3.34. The molecule has 1 amide bonds. The maximum absolute atomic E-state index is 12.3. The molecule has 0 spiro atoms. The van der Waals surface area contributed by atoms with Crippen molar-refractivity contribution in [3.8, 4) is 0 Å². The van der Waals surface area contributed by atoms with Crippen LogP contribution in [0.3, 0.4) is 0 Å². The lowest BCUT2D eigenvalue weighted by Crippen LogP contribution is -2.46. The topological polar surface area (TPSA) is 75.6 Å². The van der Waals surface area contributed by atoms with E-state index >= 15 is 0 Å². The molecule has 2 atom stereocenters. The van der Waals surface area contributed by atoms with Crippen LogP contribution < -0.4 is 5.32 Å². The number of rotatable bonds is 5. The number of ether oxygens (including phenoxy) is 1. The fourth-order valence-electron chi connectivity index (χ4n) is 3.21. The van der Waals surface area contributed by atoms with Gasteiger partial charge in [-0.25, -0.2) is 0 Å². The first-order chi connectivity index (χ1) is 11.0. The van der Waals surface area contributed by atoms with Crippen LogP contribution in [0.2, 0.25) is 0 Å². The van der Waals surface area contributed by atoms with Gasteiger partial charge in [0.15, 0.2) is 0 Å². The second kappa shape index (κ2) is 6.61. The van der Waals surface area contributed by atoms with Crippen LogP contribution in [0, 0.1) is 11.3 Å². The lowest BCUT2D eigenvalue weighted by atomic mass is 9.80. The lowest BCUT2D eigenvalue weighted by molar-refractivity contribution is -0.154. The zero-order valence-electron chi connectivity index (χ0n) is 12.8. The first kappa shape index (κ1) is 16.5. The van der Waals surface area contributed by atoms with Gasteiger partial charge in [0.1, 0.15) is 0 Å². The Kier molecular flexibility index (Phi) is 4.73. The maximum atomic E-state index is 12.3. The normalized spacial score (nSPS) is 25.6. The largest absolute Gasteiger partial charge is 0.481 e. The molecule has 5 nitrogen and oxygen atoms in total. The van der Waals surface area contributed by atoms with Crippen LogP contribution in [0.4, 0.5) is 0 Å². The molecule has 1 saturated carbocycles. The van der Waals surface area contributed by atoms with Gasteiger partial charge in [-0.15, -0.1) is 0 Å². The van der Waals surface area contributed by atoms with Crippen LogP contribution in [0.1, 0.15) is 30.7 Å². The zero-order chi connectivity index (χ0) is 16.4. The van der Waals surface area contributed by atoms with Crippen LogP contribution >= 0.6 is 15.9 Å². The first-order valence-electron chi connectivity index (χ1n) is 7.86. The highest BCUT2D eigenvalue weighted by molar-refractivity contribution is 9.10. The van der Waals surface area contributed by atoms with Crippen molar-refractivity contribution < 1.29 is 19.4 Å². The lowest BCUT2D eigenvalue weighted by Gasteiger charge is -2.33. The van der Waals surface area contributed by atoms with Gasteiger partial charge < -0.3 is 15.2 Å². The summed E-state index contributed by atoms with van der Waals surface area (Å²) < 4.78 is 6.25. The Morgan fingerprint density at radius 3 is 2.74 bits per heavy atom. The quantitative estimate of drug-likeness (QED) is 0.821. The zero-order valence-corrected chi connectivity index (χ0v) is 14.3. The van der Waals surface area contributed by atoms with Crippen molar-refractivity contribution in [3.05, 3.63) is 34.3 Å². The molecular formula is C17H20BrNO4. The average molecular weight is 382 g/mol. The van der Waals surface area contributed by atoms with E-state index in [0.29, 0.717) is 26.1 Å². The summed E-state index contributed by atoms with van der Waals surface area (Å²) in [6.07, 6.45) is 1.72. The fraction of sp³-hybridized carbons (Fsp3) is 0.529. The Morgan fingerprint density at radius 1 is 1.35 bits per heavy atom. The molecule has 1 heterocycles. The summed E-state index contributed by atoms with van der Waals surface area (Å²) in [5, 5.41) is 12.4. The summed E-state index contributed by atoms with van der Waals surface area (Å²) in [6.45, 7) is 1.06. The summed E-state index contributed by atoms with van der Waals surface area (Å²) >= 11 is 3.44. The molecule has 0 radical (unpaired) electrons. The van der Waals surface area contributed by atoms with Crippen molar-refractivity contribution in [1.29, 1.82) is 0 Å². The Morgan fingerprint density at radius 2 is 2.09 bits per heavy atom. The van der Waals surface area contributed by atoms with Gasteiger partial charge in [-0.1, -0.05) is 28.1 Å². The predicted octanol–water partition coefficient (Wildman–Crippen LogP) is 2.55. The second-order valence-electron chi connectivity index (χ2n) is 6.42. The summed E-state index contributed by atoms with van der Waals surface area (Å²) in [5.41, 5.74) is 0.271. The number of benzene rings is 1. The Labute approximate surface area is 143 Å². The van der Waals surface area contributed by atoms with E-state index in [1.807, 2.05) is 24.3 Å². The van der Waals surface area contributed by atoms with Gasteiger partial charge in [-0.05, 0) is 42.9 Å². The Bertz CT molecular complexity index is 612. The van der Waals surface area contributed by atoms with Gasteiger partial charge in [0.25, 0.3) is 0 Å². The molecule has 1 aromatic carbocycles. The molecule has 1 aliphatic carbocycles. The molecule has 23 heavy (non-hydrogen) atoms. The van der Waals surface area contributed by atoms with Gasteiger partial charge in [-0.3, -0.25) is 9.59 Å². The van der Waals surface area contributed by atoms with Crippen molar-refractivity contribution in [2.75, 3.05) is 19.8 Å². The highest BCUT2D eigenvalue weighted by Crippen LogP contribution is 2.48. The van der Waals surface area contributed by atoms with Gasteiger partial charge in [0.2, 0.25) is 5.91 Å². The summed E-state index contributed by atoms with van der Waals surface area (Å²) in [5.74, 6) is -0.694. The molecule has 3 rings (SSSR count). The summed E-state index contributed by atoms with van der Waals surface area (Å²) in [4.78, 5) is 23.9. The van der Waals surface area contributed by atoms with Gasteiger partial charge >= 0.3 is 5.97 Å². The van der Waals surface area contributed by atoms with E-state index in [9.17, 15) is 14.7 Å².